The van der Waals surface area contributed by atoms with Crippen molar-refractivity contribution in [2.75, 3.05) is 26.2 Å². The lowest BCUT2D eigenvalue weighted by Crippen LogP contribution is -2.46. The lowest BCUT2D eigenvalue weighted by Gasteiger charge is -2.33. The summed E-state index contributed by atoms with van der Waals surface area (Å²) in [5.74, 6) is 0. The summed E-state index contributed by atoms with van der Waals surface area (Å²) < 4.78 is 0. The molecule has 2 heterocycles. The molecule has 0 saturated carbocycles. The minimum absolute atomic E-state index is 0.109. The van der Waals surface area contributed by atoms with Crippen molar-refractivity contribution in [2.24, 2.45) is 5.41 Å². The fraction of sp³-hybridized carbons (Fsp3) is 0.917. The molecule has 2 aliphatic heterocycles. The van der Waals surface area contributed by atoms with Gasteiger partial charge in [-0.25, -0.2) is 4.79 Å². The van der Waals surface area contributed by atoms with Crippen LogP contribution in [0.15, 0.2) is 0 Å². The molecule has 0 aromatic carbocycles. The summed E-state index contributed by atoms with van der Waals surface area (Å²) in [5.41, 5.74) is 0.368. The van der Waals surface area contributed by atoms with Crippen LogP contribution >= 0.6 is 0 Å². The zero-order valence-electron chi connectivity index (χ0n) is 10.4. The van der Waals surface area contributed by atoms with Gasteiger partial charge in [-0.2, -0.15) is 0 Å². The van der Waals surface area contributed by atoms with E-state index in [-0.39, 0.29) is 12.1 Å². The first kappa shape index (κ1) is 11.7. The highest BCUT2D eigenvalue weighted by Gasteiger charge is 2.40. The zero-order valence-corrected chi connectivity index (χ0v) is 10.4. The second-order valence-corrected chi connectivity index (χ2v) is 5.56. The molecule has 0 aromatic heterocycles. The molecule has 92 valence electrons. The van der Waals surface area contributed by atoms with E-state index >= 15 is 0 Å². The largest absolute Gasteiger partial charge is 0.336 e. The molecule has 0 unspecified atom stereocenters. The molecule has 2 saturated heterocycles. The third-order valence-corrected chi connectivity index (χ3v) is 3.70. The first-order chi connectivity index (χ1) is 7.61. The van der Waals surface area contributed by atoms with Crippen molar-refractivity contribution in [1.29, 1.82) is 0 Å². The molecule has 2 N–H and O–H groups in total. The van der Waals surface area contributed by atoms with Gasteiger partial charge >= 0.3 is 6.03 Å². The van der Waals surface area contributed by atoms with Crippen molar-refractivity contribution in [3.05, 3.63) is 0 Å². The standard InChI is InChI=1S/C12H23N3O/c1-10(2)14-11(16)15-7-5-12(9-15)4-3-6-13-8-12/h10,13H,3-9H2,1-2H3,(H,14,16)/t12-/m1/s1. The van der Waals surface area contributed by atoms with E-state index in [0.717, 1.165) is 32.6 Å². The van der Waals surface area contributed by atoms with Gasteiger partial charge in [0.25, 0.3) is 0 Å². The number of piperidine rings is 1. The van der Waals surface area contributed by atoms with Gasteiger partial charge in [-0.05, 0) is 39.7 Å². The van der Waals surface area contributed by atoms with Crippen molar-refractivity contribution in [3.63, 3.8) is 0 Å². The van der Waals surface area contributed by atoms with E-state index in [0.29, 0.717) is 5.41 Å². The smallest absolute Gasteiger partial charge is 0.317 e. The topological polar surface area (TPSA) is 44.4 Å². The molecule has 0 radical (unpaired) electrons. The molecule has 2 rings (SSSR count). The Kier molecular flexibility index (Phi) is 3.38. The first-order valence-corrected chi connectivity index (χ1v) is 6.37. The van der Waals surface area contributed by atoms with Crippen LogP contribution in [0, 0.1) is 5.41 Å². The van der Waals surface area contributed by atoms with Gasteiger partial charge in [0.1, 0.15) is 0 Å². The van der Waals surface area contributed by atoms with E-state index in [1.54, 1.807) is 0 Å². The molecule has 2 amide bonds. The molecule has 0 aromatic rings. The van der Waals surface area contributed by atoms with Gasteiger partial charge in [0.15, 0.2) is 0 Å². The highest BCUT2D eigenvalue weighted by molar-refractivity contribution is 5.74. The molecule has 4 nitrogen and oxygen atoms in total. The normalized spacial score (nSPS) is 30.1. The fourth-order valence-electron chi connectivity index (χ4n) is 2.83. The van der Waals surface area contributed by atoms with Gasteiger partial charge in [-0.1, -0.05) is 0 Å². The second-order valence-electron chi connectivity index (χ2n) is 5.56. The average Bonchev–Trinajstić information content (AvgIpc) is 2.62. The summed E-state index contributed by atoms with van der Waals surface area (Å²) in [6.07, 6.45) is 3.68. The molecule has 2 fully saturated rings. The molecule has 1 spiro atoms. The average molecular weight is 225 g/mol. The third kappa shape index (κ3) is 2.48. The van der Waals surface area contributed by atoms with E-state index in [1.165, 1.54) is 12.8 Å². The summed E-state index contributed by atoms with van der Waals surface area (Å²) in [6, 6.07) is 0.339. The number of hydrogen-bond acceptors (Lipinski definition) is 2. The molecule has 0 bridgehead atoms. The number of likely N-dealkylation sites (tertiary alicyclic amines) is 1. The minimum atomic E-state index is 0.109. The Labute approximate surface area is 97.8 Å². The van der Waals surface area contributed by atoms with Gasteiger partial charge in [0.05, 0.1) is 0 Å². The van der Waals surface area contributed by atoms with Crippen LogP contribution in [0.25, 0.3) is 0 Å². The third-order valence-electron chi connectivity index (χ3n) is 3.70. The number of hydrogen-bond donors (Lipinski definition) is 2. The molecule has 0 aliphatic carbocycles. The Balaban J connectivity index is 1.89. The summed E-state index contributed by atoms with van der Waals surface area (Å²) in [4.78, 5) is 13.9. The first-order valence-electron chi connectivity index (χ1n) is 6.37. The van der Waals surface area contributed by atoms with Crippen LogP contribution in [-0.4, -0.2) is 43.2 Å². The van der Waals surface area contributed by atoms with Crippen LogP contribution in [0.3, 0.4) is 0 Å². The second kappa shape index (κ2) is 4.62. The summed E-state index contributed by atoms with van der Waals surface area (Å²) in [7, 11) is 0. The van der Waals surface area contributed by atoms with Gasteiger partial charge in [0, 0.05) is 31.1 Å². The van der Waals surface area contributed by atoms with Crippen molar-refractivity contribution >= 4 is 6.03 Å². The van der Waals surface area contributed by atoms with Crippen LogP contribution in [0.1, 0.15) is 33.1 Å². The van der Waals surface area contributed by atoms with Crippen molar-refractivity contribution in [3.8, 4) is 0 Å². The van der Waals surface area contributed by atoms with Crippen molar-refractivity contribution in [1.82, 2.24) is 15.5 Å². The fourth-order valence-corrected chi connectivity index (χ4v) is 2.83. The Hall–Kier alpha value is -0.770. The SMILES string of the molecule is CC(C)NC(=O)N1CC[C@@]2(CCCNC2)C1. The monoisotopic (exact) mass is 225 g/mol. The maximum atomic E-state index is 11.9. The number of nitrogens with zero attached hydrogens (tertiary/aromatic N) is 1. The van der Waals surface area contributed by atoms with Crippen LogP contribution in [-0.2, 0) is 0 Å². The van der Waals surface area contributed by atoms with E-state index in [4.69, 9.17) is 0 Å². The van der Waals surface area contributed by atoms with E-state index < -0.39 is 0 Å². The maximum Gasteiger partial charge on any atom is 0.317 e. The summed E-state index contributed by atoms with van der Waals surface area (Å²) in [5, 5.41) is 6.43. The molecule has 4 heteroatoms. The lowest BCUT2D eigenvalue weighted by molar-refractivity contribution is 0.184. The molecule has 16 heavy (non-hydrogen) atoms. The van der Waals surface area contributed by atoms with Gasteiger partial charge in [0.2, 0.25) is 0 Å². The minimum Gasteiger partial charge on any atom is -0.336 e. The Morgan fingerprint density at radius 3 is 2.88 bits per heavy atom. The lowest BCUT2D eigenvalue weighted by atomic mass is 9.80. The van der Waals surface area contributed by atoms with Crippen LogP contribution in [0.2, 0.25) is 0 Å². The number of carbonyl (C=O) groups is 1. The number of carbonyl (C=O) groups excluding carboxylic acids is 1. The highest BCUT2D eigenvalue weighted by Crippen LogP contribution is 2.36. The Bertz CT molecular complexity index is 259. The van der Waals surface area contributed by atoms with Gasteiger partial charge in [-0.3, -0.25) is 0 Å². The van der Waals surface area contributed by atoms with E-state index in [9.17, 15) is 4.79 Å². The van der Waals surface area contributed by atoms with Crippen molar-refractivity contribution in [2.45, 2.75) is 39.2 Å². The number of nitrogens with one attached hydrogen (secondary N) is 2. The van der Waals surface area contributed by atoms with Crippen LogP contribution in [0.5, 0.6) is 0 Å². The van der Waals surface area contributed by atoms with E-state index in [2.05, 4.69) is 10.6 Å². The maximum absolute atomic E-state index is 11.9. The summed E-state index contributed by atoms with van der Waals surface area (Å²) in [6.45, 7) is 8.08. The quantitative estimate of drug-likeness (QED) is 0.704. The van der Waals surface area contributed by atoms with Crippen LogP contribution in [0.4, 0.5) is 4.79 Å². The number of rotatable bonds is 1. The van der Waals surface area contributed by atoms with Crippen molar-refractivity contribution < 1.29 is 4.79 Å². The van der Waals surface area contributed by atoms with Gasteiger partial charge < -0.3 is 15.5 Å². The number of amides is 2. The Morgan fingerprint density at radius 2 is 2.25 bits per heavy atom. The van der Waals surface area contributed by atoms with Crippen LogP contribution < -0.4 is 10.6 Å². The molecule has 2 aliphatic rings. The molecule has 1 atom stereocenters. The predicted octanol–water partition coefficient (Wildman–Crippen LogP) is 1.18. The number of urea groups is 1. The van der Waals surface area contributed by atoms with Gasteiger partial charge in [-0.15, -0.1) is 0 Å². The summed E-state index contributed by atoms with van der Waals surface area (Å²) >= 11 is 0. The molecular weight excluding hydrogens is 202 g/mol. The Morgan fingerprint density at radius 1 is 1.44 bits per heavy atom. The molecular formula is C12H23N3O. The predicted molar refractivity (Wildman–Crippen MR) is 64.4 cm³/mol. The zero-order chi connectivity index (χ0) is 11.6. The highest BCUT2D eigenvalue weighted by atomic mass is 16.2. The van der Waals surface area contributed by atoms with E-state index in [1.807, 2.05) is 18.7 Å².